The molecule has 1 aromatic rings. The van der Waals surface area contributed by atoms with Gasteiger partial charge in [-0.25, -0.2) is 0 Å². The molecule has 17 heavy (non-hydrogen) atoms. The number of unbranched alkanes of at least 4 members (excludes halogenated alkanes) is 1. The fourth-order valence-electron chi connectivity index (χ4n) is 1.44. The zero-order chi connectivity index (χ0) is 12.7. The van der Waals surface area contributed by atoms with Crippen LogP contribution < -0.4 is 11.1 Å². The van der Waals surface area contributed by atoms with E-state index in [0.29, 0.717) is 17.8 Å². The summed E-state index contributed by atoms with van der Waals surface area (Å²) in [4.78, 5) is 17.7. The zero-order valence-electron chi connectivity index (χ0n) is 10.4. The molecule has 0 aliphatic rings. The number of amides is 1. The third-order valence-electron chi connectivity index (χ3n) is 2.34. The number of nitrogens with two attached hydrogens (primary N) is 1. The van der Waals surface area contributed by atoms with Crippen molar-refractivity contribution >= 4 is 11.6 Å². The molecule has 1 aromatic heterocycles. The number of nitrogens with one attached hydrogen (secondary N) is 1. The molecule has 1 amide bonds. The molecule has 0 aliphatic carbocycles. The van der Waals surface area contributed by atoms with E-state index in [9.17, 15) is 4.79 Å². The third kappa shape index (κ3) is 5.31. The van der Waals surface area contributed by atoms with E-state index in [1.807, 2.05) is 14.1 Å². The van der Waals surface area contributed by atoms with E-state index >= 15 is 0 Å². The molecular formula is C12H20N4O. The summed E-state index contributed by atoms with van der Waals surface area (Å²) in [5.41, 5.74) is 6.57. The Morgan fingerprint density at radius 3 is 2.82 bits per heavy atom. The van der Waals surface area contributed by atoms with E-state index in [2.05, 4.69) is 15.2 Å². The van der Waals surface area contributed by atoms with Crippen molar-refractivity contribution in [2.45, 2.75) is 12.8 Å². The molecule has 1 heterocycles. The Kier molecular flexibility index (Phi) is 5.42. The molecule has 0 fully saturated rings. The molecule has 3 N–H and O–H groups in total. The Hall–Kier alpha value is -1.62. The van der Waals surface area contributed by atoms with Crippen LogP contribution in [0.1, 0.15) is 23.2 Å². The fourth-order valence-corrected chi connectivity index (χ4v) is 1.44. The summed E-state index contributed by atoms with van der Waals surface area (Å²) < 4.78 is 0. The molecular weight excluding hydrogens is 216 g/mol. The van der Waals surface area contributed by atoms with Crippen molar-refractivity contribution in [1.82, 2.24) is 15.2 Å². The average Bonchev–Trinajstić information content (AvgIpc) is 2.28. The number of hydrogen-bond donors (Lipinski definition) is 2. The van der Waals surface area contributed by atoms with Gasteiger partial charge in [0.1, 0.15) is 0 Å². The van der Waals surface area contributed by atoms with E-state index in [1.54, 1.807) is 6.07 Å². The molecule has 0 saturated heterocycles. The van der Waals surface area contributed by atoms with Gasteiger partial charge in [-0.15, -0.1) is 0 Å². The van der Waals surface area contributed by atoms with Crippen LogP contribution in [0.5, 0.6) is 0 Å². The lowest BCUT2D eigenvalue weighted by molar-refractivity contribution is 0.0952. The number of carbonyl (C=O) groups excluding carboxylic acids is 1. The molecule has 1 rings (SSSR count). The molecule has 0 atom stereocenters. The normalized spacial score (nSPS) is 10.5. The minimum absolute atomic E-state index is 0.116. The second-order valence-electron chi connectivity index (χ2n) is 4.27. The number of carbonyl (C=O) groups is 1. The van der Waals surface area contributed by atoms with E-state index in [0.717, 1.165) is 19.4 Å². The van der Waals surface area contributed by atoms with Gasteiger partial charge in [-0.3, -0.25) is 9.78 Å². The van der Waals surface area contributed by atoms with Gasteiger partial charge in [-0.1, -0.05) is 0 Å². The predicted octanol–water partition coefficient (Wildman–Crippen LogP) is 0.735. The molecule has 0 spiro atoms. The highest BCUT2D eigenvalue weighted by Crippen LogP contribution is 2.03. The Bertz CT molecular complexity index is 365. The monoisotopic (exact) mass is 236 g/mol. The van der Waals surface area contributed by atoms with Gasteiger partial charge in [-0.2, -0.15) is 0 Å². The van der Waals surface area contributed by atoms with Crippen LogP contribution in [-0.4, -0.2) is 43.0 Å². The van der Waals surface area contributed by atoms with Gasteiger partial charge in [-0.05, 0) is 39.5 Å². The topological polar surface area (TPSA) is 71.2 Å². The number of nitrogen functional groups attached to an aromatic ring is 1. The average molecular weight is 236 g/mol. The minimum atomic E-state index is -0.116. The maximum atomic E-state index is 11.7. The van der Waals surface area contributed by atoms with Gasteiger partial charge in [0.2, 0.25) is 0 Å². The van der Waals surface area contributed by atoms with Crippen molar-refractivity contribution in [3.8, 4) is 0 Å². The molecule has 0 bridgehead atoms. The van der Waals surface area contributed by atoms with Crippen molar-refractivity contribution in [3.63, 3.8) is 0 Å². The van der Waals surface area contributed by atoms with Gasteiger partial charge in [0.05, 0.1) is 11.3 Å². The maximum absolute atomic E-state index is 11.7. The molecule has 0 aliphatic heterocycles. The number of aromatic nitrogens is 1. The molecule has 0 radical (unpaired) electrons. The standard InChI is InChI=1S/C12H20N4O/c1-16(2)6-4-3-5-15-12(17)10-7-11(13)9-14-8-10/h7-9H,3-6,13H2,1-2H3,(H,15,17). The van der Waals surface area contributed by atoms with E-state index < -0.39 is 0 Å². The first kappa shape index (κ1) is 13.4. The third-order valence-corrected chi connectivity index (χ3v) is 2.34. The van der Waals surface area contributed by atoms with Gasteiger partial charge in [0, 0.05) is 18.9 Å². The quantitative estimate of drug-likeness (QED) is 0.714. The number of hydrogen-bond acceptors (Lipinski definition) is 4. The summed E-state index contributed by atoms with van der Waals surface area (Å²) in [6, 6.07) is 1.63. The van der Waals surface area contributed by atoms with Crippen molar-refractivity contribution in [2.24, 2.45) is 0 Å². The summed E-state index contributed by atoms with van der Waals surface area (Å²) >= 11 is 0. The van der Waals surface area contributed by atoms with Crippen LogP contribution >= 0.6 is 0 Å². The summed E-state index contributed by atoms with van der Waals surface area (Å²) in [6.45, 7) is 1.72. The smallest absolute Gasteiger partial charge is 0.252 e. The summed E-state index contributed by atoms with van der Waals surface area (Å²) in [5.74, 6) is -0.116. The van der Waals surface area contributed by atoms with Crippen LogP contribution in [0.25, 0.3) is 0 Å². The van der Waals surface area contributed by atoms with Crippen molar-refractivity contribution < 1.29 is 4.79 Å². The SMILES string of the molecule is CN(C)CCCCNC(=O)c1cncc(N)c1. The maximum Gasteiger partial charge on any atom is 0.252 e. The highest BCUT2D eigenvalue weighted by Gasteiger charge is 2.04. The van der Waals surface area contributed by atoms with Gasteiger partial charge < -0.3 is 16.0 Å². The second kappa shape index (κ2) is 6.85. The fraction of sp³-hybridized carbons (Fsp3) is 0.500. The predicted molar refractivity (Wildman–Crippen MR) is 68.8 cm³/mol. The lowest BCUT2D eigenvalue weighted by atomic mass is 10.2. The van der Waals surface area contributed by atoms with Gasteiger partial charge >= 0.3 is 0 Å². The molecule has 0 aromatic carbocycles. The highest BCUT2D eigenvalue weighted by molar-refractivity contribution is 5.94. The molecule has 0 saturated carbocycles. The van der Waals surface area contributed by atoms with Crippen LogP contribution in [0.3, 0.4) is 0 Å². The number of anilines is 1. The Morgan fingerprint density at radius 1 is 1.41 bits per heavy atom. The Morgan fingerprint density at radius 2 is 2.18 bits per heavy atom. The van der Waals surface area contributed by atoms with E-state index in [4.69, 9.17) is 5.73 Å². The lowest BCUT2D eigenvalue weighted by Crippen LogP contribution is -2.25. The molecule has 5 nitrogen and oxygen atoms in total. The second-order valence-corrected chi connectivity index (χ2v) is 4.27. The first-order valence-corrected chi connectivity index (χ1v) is 5.73. The summed E-state index contributed by atoms with van der Waals surface area (Å²) in [7, 11) is 4.08. The minimum Gasteiger partial charge on any atom is -0.397 e. The van der Waals surface area contributed by atoms with Crippen LogP contribution in [0.15, 0.2) is 18.5 Å². The number of nitrogens with zero attached hydrogens (tertiary/aromatic N) is 2. The summed E-state index contributed by atoms with van der Waals surface area (Å²) in [6.07, 6.45) is 5.08. The molecule has 5 heteroatoms. The van der Waals surface area contributed by atoms with Crippen LogP contribution in [0.4, 0.5) is 5.69 Å². The molecule has 94 valence electrons. The van der Waals surface area contributed by atoms with Crippen molar-refractivity contribution in [3.05, 3.63) is 24.0 Å². The lowest BCUT2D eigenvalue weighted by Gasteiger charge is -2.09. The van der Waals surface area contributed by atoms with E-state index in [1.165, 1.54) is 12.4 Å². The summed E-state index contributed by atoms with van der Waals surface area (Å²) in [5, 5.41) is 2.85. The number of pyridine rings is 1. The Balaban J connectivity index is 2.26. The van der Waals surface area contributed by atoms with Crippen LogP contribution in [0, 0.1) is 0 Å². The largest absolute Gasteiger partial charge is 0.397 e. The van der Waals surface area contributed by atoms with E-state index in [-0.39, 0.29) is 5.91 Å². The molecule has 0 unspecified atom stereocenters. The Labute approximate surface area is 102 Å². The van der Waals surface area contributed by atoms with Gasteiger partial charge in [0.15, 0.2) is 0 Å². The highest BCUT2D eigenvalue weighted by atomic mass is 16.1. The first-order chi connectivity index (χ1) is 8.09. The van der Waals surface area contributed by atoms with Crippen molar-refractivity contribution in [2.75, 3.05) is 32.9 Å². The van der Waals surface area contributed by atoms with Crippen LogP contribution in [-0.2, 0) is 0 Å². The number of rotatable bonds is 6. The van der Waals surface area contributed by atoms with Crippen molar-refractivity contribution in [1.29, 1.82) is 0 Å². The zero-order valence-corrected chi connectivity index (χ0v) is 10.4. The van der Waals surface area contributed by atoms with Crippen LogP contribution in [0.2, 0.25) is 0 Å². The first-order valence-electron chi connectivity index (χ1n) is 5.73. The van der Waals surface area contributed by atoms with Gasteiger partial charge in [0.25, 0.3) is 5.91 Å².